The maximum absolute atomic E-state index is 13.4. The van der Waals surface area contributed by atoms with Gasteiger partial charge in [-0.1, -0.05) is 6.07 Å². The Hall–Kier alpha value is -3.87. The van der Waals surface area contributed by atoms with E-state index in [4.69, 9.17) is 0 Å². The second kappa shape index (κ2) is 8.91. The van der Waals surface area contributed by atoms with Crippen LogP contribution >= 0.6 is 0 Å². The SMILES string of the molecule is Cc1c(-c2ccc(Nc3cc(NC(=O)C4CC4)nc4[nH]c(C(F)F)nc34)c(S(C)(=O)=O)c2)nn(C)c1C. The van der Waals surface area contributed by atoms with E-state index in [1.165, 1.54) is 12.1 Å². The Balaban J connectivity index is 1.61. The number of hydrogen-bond donors (Lipinski definition) is 3. The molecule has 1 aliphatic rings. The first-order valence-electron chi connectivity index (χ1n) is 11.5. The maximum atomic E-state index is 13.4. The molecule has 194 valence electrons. The van der Waals surface area contributed by atoms with E-state index in [1.54, 1.807) is 16.8 Å². The molecule has 4 aromatic rings. The van der Waals surface area contributed by atoms with Gasteiger partial charge in [-0.2, -0.15) is 5.10 Å². The zero-order chi connectivity index (χ0) is 26.6. The highest BCUT2D eigenvalue weighted by Gasteiger charge is 2.30. The highest BCUT2D eigenvalue weighted by atomic mass is 32.2. The lowest BCUT2D eigenvalue weighted by molar-refractivity contribution is -0.117. The number of anilines is 3. The van der Waals surface area contributed by atoms with Gasteiger partial charge in [-0.3, -0.25) is 9.48 Å². The summed E-state index contributed by atoms with van der Waals surface area (Å²) in [6.07, 6.45) is -0.237. The number of aromatic nitrogens is 5. The molecule has 1 aliphatic carbocycles. The van der Waals surface area contributed by atoms with Crippen LogP contribution in [0.3, 0.4) is 0 Å². The molecule has 3 heterocycles. The second-order valence-electron chi connectivity index (χ2n) is 9.23. The topological polar surface area (TPSA) is 135 Å². The van der Waals surface area contributed by atoms with E-state index in [0.717, 1.165) is 30.4 Å². The number of nitrogens with one attached hydrogen (secondary N) is 3. The highest BCUT2D eigenvalue weighted by Crippen LogP contribution is 2.35. The number of amides is 1. The van der Waals surface area contributed by atoms with E-state index in [2.05, 4.69) is 30.7 Å². The Morgan fingerprint density at radius 3 is 2.49 bits per heavy atom. The standard InChI is InChI=1S/C24H25F2N7O3S/c1-11-12(2)33(3)32-19(11)14-7-8-15(17(9-14)37(4,35)36)27-16-10-18(29-24(34)13-5-6-13)28-22-20(16)30-23(31-22)21(25)26/h7-10,13,21H,5-6H2,1-4H3,(H3,27,28,29,30,31,34). The van der Waals surface area contributed by atoms with Crippen molar-refractivity contribution in [2.45, 2.75) is 38.0 Å². The summed E-state index contributed by atoms with van der Waals surface area (Å²) in [5.41, 5.74) is 3.68. The number of hydrogen-bond acceptors (Lipinski definition) is 7. The van der Waals surface area contributed by atoms with Crippen molar-refractivity contribution < 1.29 is 22.0 Å². The van der Waals surface area contributed by atoms with Gasteiger partial charge in [0.1, 0.15) is 11.3 Å². The Kier molecular flexibility index (Phi) is 5.97. The van der Waals surface area contributed by atoms with Crippen molar-refractivity contribution in [3.8, 4) is 11.3 Å². The number of rotatable bonds is 7. The first-order valence-corrected chi connectivity index (χ1v) is 13.4. The van der Waals surface area contributed by atoms with E-state index in [9.17, 15) is 22.0 Å². The minimum Gasteiger partial charge on any atom is -0.352 e. The molecular formula is C24H25F2N7O3S. The lowest BCUT2D eigenvalue weighted by Crippen LogP contribution is -2.14. The molecule has 0 aliphatic heterocycles. The van der Waals surface area contributed by atoms with Crippen LogP contribution in [0.2, 0.25) is 0 Å². The van der Waals surface area contributed by atoms with Gasteiger partial charge in [0, 0.05) is 36.5 Å². The summed E-state index contributed by atoms with van der Waals surface area (Å²) < 4.78 is 54.0. The molecule has 0 saturated heterocycles. The number of imidazole rings is 1. The van der Waals surface area contributed by atoms with Crippen LogP contribution in [0.25, 0.3) is 22.4 Å². The van der Waals surface area contributed by atoms with Gasteiger partial charge in [-0.15, -0.1) is 0 Å². The zero-order valence-corrected chi connectivity index (χ0v) is 21.4. The number of sulfone groups is 1. The fourth-order valence-electron chi connectivity index (χ4n) is 4.06. The molecule has 13 heteroatoms. The molecule has 0 atom stereocenters. The van der Waals surface area contributed by atoms with Gasteiger partial charge >= 0.3 is 0 Å². The van der Waals surface area contributed by atoms with Gasteiger partial charge in [-0.25, -0.2) is 27.2 Å². The monoisotopic (exact) mass is 529 g/mol. The molecule has 1 fully saturated rings. The van der Waals surface area contributed by atoms with Crippen molar-refractivity contribution in [1.29, 1.82) is 0 Å². The zero-order valence-electron chi connectivity index (χ0n) is 20.6. The summed E-state index contributed by atoms with van der Waals surface area (Å²) in [6, 6.07) is 6.29. The van der Waals surface area contributed by atoms with Crippen LogP contribution in [0.5, 0.6) is 0 Å². The summed E-state index contributed by atoms with van der Waals surface area (Å²) in [6.45, 7) is 3.83. The molecule has 0 unspecified atom stereocenters. The number of alkyl halides is 2. The van der Waals surface area contributed by atoms with E-state index < -0.39 is 22.1 Å². The summed E-state index contributed by atoms with van der Waals surface area (Å²) in [5.74, 6) is -0.770. The number of aromatic amines is 1. The Morgan fingerprint density at radius 2 is 1.89 bits per heavy atom. The number of carbonyl (C=O) groups excluding carboxylic acids is 1. The summed E-state index contributed by atoms with van der Waals surface area (Å²) in [7, 11) is -1.91. The van der Waals surface area contributed by atoms with Crippen molar-refractivity contribution in [3.63, 3.8) is 0 Å². The van der Waals surface area contributed by atoms with E-state index in [1.807, 2.05) is 20.9 Å². The molecule has 3 aromatic heterocycles. The van der Waals surface area contributed by atoms with Gasteiger partial charge in [0.25, 0.3) is 6.43 Å². The second-order valence-corrected chi connectivity index (χ2v) is 11.2. The molecule has 0 radical (unpaired) electrons. The molecule has 37 heavy (non-hydrogen) atoms. The van der Waals surface area contributed by atoms with Crippen molar-refractivity contribution in [2.75, 3.05) is 16.9 Å². The Labute approximate surface area is 211 Å². The number of nitrogens with zero attached hydrogens (tertiary/aromatic N) is 4. The van der Waals surface area contributed by atoms with Gasteiger partial charge < -0.3 is 15.6 Å². The fourth-order valence-corrected chi connectivity index (χ4v) is 4.92. The quantitative estimate of drug-likeness (QED) is 0.323. The average molecular weight is 530 g/mol. The molecule has 1 saturated carbocycles. The molecule has 1 aromatic carbocycles. The maximum Gasteiger partial charge on any atom is 0.295 e. The average Bonchev–Trinajstić information content (AvgIpc) is 3.54. The number of pyridine rings is 1. The minimum absolute atomic E-state index is 0.00847. The largest absolute Gasteiger partial charge is 0.352 e. The summed E-state index contributed by atoms with van der Waals surface area (Å²) in [4.78, 5) is 22.9. The van der Waals surface area contributed by atoms with Crippen LogP contribution in [-0.4, -0.2) is 45.3 Å². The number of aryl methyl sites for hydroxylation is 1. The van der Waals surface area contributed by atoms with E-state index >= 15 is 0 Å². The van der Waals surface area contributed by atoms with E-state index in [-0.39, 0.29) is 45.1 Å². The van der Waals surface area contributed by atoms with Crippen LogP contribution in [0.4, 0.5) is 26.0 Å². The first-order chi connectivity index (χ1) is 17.4. The lowest BCUT2D eigenvalue weighted by Gasteiger charge is -2.14. The third-order valence-electron chi connectivity index (χ3n) is 6.43. The number of carbonyl (C=O) groups is 1. The molecule has 0 spiro atoms. The predicted octanol–water partition coefficient (Wildman–Crippen LogP) is 4.41. The predicted molar refractivity (Wildman–Crippen MR) is 135 cm³/mol. The number of fused-ring (bicyclic) bond motifs is 1. The Bertz CT molecular complexity index is 1660. The molecule has 1 amide bonds. The van der Waals surface area contributed by atoms with Crippen molar-refractivity contribution in [1.82, 2.24) is 24.7 Å². The van der Waals surface area contributed by atoms with Gasteiger partial charge in [0.05, 0.1) is 22.0 Å². The van der Waals surface area contributed by atoms with Gasteiger partial charge in [-0.05, 0) is 44.4 Å². The molecule has 10 nitrogen and oxygen atoms in total. The third kappa shape index (κ3) is 4.78. The van der Waals surface area contributed by atoms with Crippen molar-refractivity contribution >= 4 is 44.1 Å². The fraction of sp³-hybridized carbons (Fsp3) is 0.333. The van der Waals surface area contributed by atoms with Crippen LogP contribution in [0, 0.1) is 19.8 Å². The number of halogens is 2. The van der Waals surface area contributed by atoms with Crippen molar-refractivity contribution in [2.24, 2.45) is 13.0 Å². The Morgan fingerprint density at radius 1 is 1.16 bits per heavy atom. The highest BCUT2D eigenvalue weighted by molar-refractivity contribution is 7.90. The summed E-state index contributed by atoms with van der Waals surface area (Å²) >= 11 is 0. The minimum atomic E-state index is -3.72. The van der Waals surface area contributed by atoms with E-state index in [0.29, 0.717) is 11.3 Å². The normalized spacial score (nSPS) is 13.9. The number of benzene rings is 1. The first kappa shape index (κ1) is 24.8. The van der Waals surface area contributed by atoms with Crippen LogP contribution in [0.1, 0.15) is 36.3 Å². The smallest absolute Gasteiger partial charge is 0.295 e. The number of H-pyrrole nitrogens is 1. The molecule has 0 bridgehead atoms. The molecule has 3 N–H and O–H groups in total. The van der Waals surface area contributed by atoms with Gasteiger partial charge in [0.2, 0.25) is 5.91 Å². The van der Waals surface area contributed by atoms with Crippen LogP contribution in [-0.2, 0) is 21.7 Å². The molecule has 5 rings (SSSR count). The summed E-state index contributed by atoms with van der Waals surface area (Å²) in [5, 5.41) is 10.2. The molecular weight excluding hydrogens is 504 g/mol. The third-order valence-corrected chi connectivity index (χ3v) is 7.57. The lowest BCUT2D eigenvalue weighted by atomic mass is 10.1. The van der Waals surface area contributed by atoms with Crippen molar-refractivity contribution in [3.05, 3.63) is 41.3 Å². The van der Waals surface area contributed by atoms with Crippen LogP contribution in [0.15, 0.2) is 29.2 Å². The van der Waals surface area contributed by atoms with Gasteiger partial charge in [0.15, 0.2) is 21.3 Å². The van der Waals surface area contributed by atoms with Crippen LogP contribution < -0.4 is 10.6 Å².